The van der Waals surface area contributed by atoms with E-state index < -0.39 is 16.8 Å². The Bertz CT molecular complexity index is 1580. The summed E-state index contributed by atoms with van der Waals surface area (Å²) < 4.78 is 13.0. The Morgan fingerprint density at radius 1 is 0.927 bits per heavy atom. The van der Waals surface area contributed by atoms with E-state index >= 15 is 0 Å². The molecule has 0 aliphatic heterocycles. The number of esters is 1. The maximum atomic E-state index is 14.2. The quantitative estimate of drug-likeness (QED) is 0.143. The van der Waals surface area contributed by atoms with E-state index in [1.165, 1.54) is 7.11 Å². The van der Waals surface area contributed by atoms with Gasteiger partial charge in [0.05, 0.1) is 23.7 Å². The lowest BCUT2D eigenvalue weighted by Crippen LogP contribution is -2.32. The third kappa shape index (κ3) is 6.23. The van der Waals surface area contributed by atoms with E-state index in [0.29, 0.717) is 51.7 Å². The number of ketones is 2. The second-order valence-electron chi connectivity index (χ2n) is 11.6. The number of rotatable bonds is 10. The molecule has 0 radical (unpaired) electrons. The zero-order chi connectivity index (χ0) is 29.9. The molecule has 7 heteroatoms. The number of halogens is 1. The molecule has 0 aliphatic rings. The van der Waals surface area contributed by atoms with Gasteiger partial charge >= 0.3 is 5.97 Å². The molecule has 6 nitrogen and oxygen atoms in total. The second-order valence-corrected chi connectivity index (χ2v) is 12.0. The monoisotopic (exact) mass is 573 g/mol. The third-order valence-corrected chi connectivity index (χ3v) is 7.77. The van der Waals surface area contributed by atoms with E-state index in [2.05, 4.69) is 0 Å². The molecular formula is C34H36ClNO5. The average Bonchev–Trinajstić information content (AvgIpc) is 3.27. The number of hydrogen-bond acceptors (Lipinski definition) is 5. The van der Waals surface area contributed by atoms with Crippen molar-refractivity contribution in [3.05, 3.63) is 106 Å². The van der Waals surface area contributed by atoms with Crippen LogP contribution >= 0.6 is 11.6 Å². The molecule has 0 spiro atoms. The number of hydrogen-bond donors (Lipinski definition) is 0. The molecule has 0 fully saturated rings. The topological polar surface area (TPSA) is 74.1 Å². The van der Waals surface area contributed by atoms with E-state index in [1.54, 1.807) is 53.9 Å². The molecule has 4 aromatic rings. The highest BCUT2D eigenvalue weighted by molar-refractivity contribution is 6.30. The van der Waals surface area contributed by atoms with Crippen molar-refractivity contribution in [1.82, 2.24) is 4.40 Å². The summed E-state index contributed by atoms with van der Waals surface area (Å²) in [6.07, 6.45) is 2.35. The fraction of sp³-hybridized carbons (Fsp3) is 0.324. The Balaban J connectivity index is 1.98. The molecule has 2 aromatic heterocycles. The lowest BCUT2D eigenvalue weighted by molar-refractivity contribution is -0.151. The molecule has 0 bridgehead atoms. The number of Topliss-reactive ketones (excluding diaryl/α,β-unsaturated/α-hetero) is 1. The molecule has 2 aromatic carbocycles. The number of carbonyl (C=O) groups excluding carboxylic acids is 3. The van der Waals surface area contributed by atoms with Gasteiger partial charge in [0, 0.05) is 33.8 Å². The minimum Gasteiger partial charge on any atom is -0.489 e. The molecule has 0 saturated carbocycles. The molecule has 0 saturated heterocycles. The van der Waals surface area contributed by atoms with Crippen LogP contribution in [0, 0.1) is 10.8 Å². The Kier molecular flexibility index (Phi) is 8.74. The Morgan fingerprint density at radius 2 is 1.59 bits per heavy atom. The summed E-state index contributed by atoms with van der Waals surface area (Å²) in [5, 5.41) is 0.509. The largest absolute Gasteiger partial charge is 0.489 e. The number of ether oxygens (including phenoxy) is 2. The highest BCUT2D eigenvalue weighted by atomic mass is 35.5. The Labute approximate surface area is 246 Å². The van der Waals surface area contributed by atoms with Gasteiger partial charge in [-0.3, -0.25) is 14.4 Å². The number of carbonyl (C=O) groups is 3. The summed E-state index contributed by atoms with van der Waals surface area (Å²) in [6.45, 7) is 9.58. The van der Waals surface area contributed by atoms with Gasteiger partial charge in [-0.15, -0.1) is 0 Å². The maximum Gasteiger partial charge on any atom is 0.311 e. The molecule has 0 N–H and O–H groups in total. The molecule has 4 rings (SSSR count). The van der Waals surface area contributed by atoms with Gasteiger partial charge in [0.15, 0.2) is 5.78 Å². The van der Waals surface area contributed by atoms with Crippen LogP contribution in [0.5, 0.6) is 5.75 Å². The Morgan fingerprint density at radius 3 is 2.17 bits per heavy atom. The van der Waals surface area contributed by atoms with E-state index in [1.807, 2.05) is 58.0 Å². The predicted octanol–water partition coefficient (Wildman–Crippen LogP) is 7.76. The van der Waals surface area contributed by atoms with Crippen LogP contribution in [0.3, 0.4) is 0 Å². The minimum atomic E-state index is -0.964. The van der Waals surface area contributed by atoms with E-state index in [0.717, 1.165) is 5.56 Å². The fourth-order valence-electron chi connectivity index (χ4n) is 4.88. The smallest absolute Gasteiger partial charge is 0.311 e. The van der Waals surface area contributed by atoms with Crippen LogP contribution < -0.4 is 4.74 Å². The van der Waals surface area contributed by atoms with E-state index in [9.17, 15) is 14.4 Å². The van der Waals surface area contributed by atoms with Crippen LogP contribution in [0.25, 0.3) is 5.52 Å². The molecule has 0 aliphatic carbocycles. The number of nitrogens with zero attached hydrogens (tertiary/aromatic N) is 1. The first-order valence-corrected chi connectivity index (χ1v) is 14.0. The van der Waals surface area contributed by atoms with Gasteiger partial charge in [-0.2, -0.15) is 0 Å². The maximum absolute atomic E-state index is 14.2. The summed E-state index contributed by atoms with van der Waals surface area (Å²) in [6, 6.07) is 20.0. The van der Waals surface area contributed by atoms with Crippen LogP contribution in [0.15, 0.2) is 72.9 Å². The standard InChI is InChI=1S/C34H36ClNO5/c1-7-34(5,32(39)40-6)20-26-28(31(38)33(2,3)4)27-19-25(41-21-22-11-9-8-10-12-22)17-18-36(27)29(26)30(37)23-13-15-24(35)16-14-23/h8-19H,7,20-21H2,1-6H3. The summed E-state index contributed by atoms with van der Waals surface area (Å²) >= 11 is 6.11. The normalized spacial score (nSPS) is 13.0. The van der Waals surface area contributed by atoms with Crippen molar-refractivity contribution < 1.29 is 23.9 Å². The van der Waals surface area contributed by atoms with Gasteiger partial charge in [0.2, 0.25) is 5.78 Å². The third-order valence-electron chi connectivity index (χ3n) is 7.51. The van der Waals surface area contributed by atoms with Gasteiger partial charge in [0.1, 0.15) is 12.4 Å². The Hall–Kier alpha value is -3.90. The lowest BCUT2D eigenvalue weighted by Gasteiger charge is -2.26. The molecule has 214 valence electrons. The summed E-state index contributed by atoms with van der Waals surface area (Å²) in [5.74, 6) is -0.254. The SMILES string of the molecule is CCC(C)(Cc1c(C(=O)C(C)(C)C)c2cc(OCc3ccccc3)ccn2c1C(=O)c1ccc(Cl)cc1)C(=O)OC. The molecular weight excluding hydrogens is 538 g/mol. The second kappa shape index (κ2) is 11.9. The van der Waals surface area contributed by atoms with Crippen molar-refractivity contribution in [2.75, 3.05) is 7.11 Å². The lowest BCUT2D eigenvalue weighted by atomic mass is 9.77. The number of methoxy groups -OCH3 is 1. The number of fused-ring (bicyclic) bond motifs is 1. The highest BCUT2D eigenvalue weighted by Crippen LogP contribution is 2.38. The predicted molar refractivity (Wildman–Crippen MR) is 161 cm³/mol. The number of benzene rings is 2. The van der Waals surface area contributed by atoms with E-state index in [-0.39, 0.29) is 18.0 Å². The van der Waals surface area contributed by atoms with E-state index in [4.69, 9.17) is 21.1 Å². The van der Waals surface area contributed by atoms with Crippen molar-refractivity contribution >= 4 is 34.7 Å². The van der Waals surface area contributed by atoms with Crippen LogP contribution in [0.4, 0.5) is 0 Å². The fourth-order valence-corrected chi connectivity index (χ4v) is 5.01. The van der Waals surface area contributed by atoms with Crippen molar-refractivity contribution in [2.24, 2.45) is 10.8 Å². The first-order valence-electron chi connectivity index (χ1n) is 13.7. The molecule has 0 amide bonds. The van der Waals surface area contributed by atoms with Gasteiger partial charge in [-0.05, 0) is 61.2 Å². The van der Waals surface area contributed by atoms with Gasteiger partial charge in [-0.1, -0.05) is 69.6 Å². The van der Waals surface area contributed by atoms with Crippen LogP contribution in [0.1, 0.15) is 78.6 Å². The van der Waals surface area contributed by atoms with Crippen LogP contribution in [-0.4, -0.2) is 29.0 Å². The first kappa shape index (κ1) is 30.1. The number of pyridine rings is 1. The van der Waals surface area contributed by atoms with Gasteiger partial charge in [-0.25, -0.2) is 0 Å². The average molecular weight is 574 g/mol. The van der Waals surface area contributed by atoms with Crippen molar-refractivity contribution in [3.63, 3.8) is 0 Å². The molecule has 2 heterocycles. The van der Waals surface area contributed by atoms with Crippen LogP contribution in [0.2, 0.25) is 5.02 Å². The summed E-state index contributed by atoms with van der Waals surface area (Å²) in [4.78, 5) is 41.3. The van der Waals surface area contributed by atoms with Crippen molar-refractivity contribution in [2.45, 2.75) is 54.1 Å². The molecule has 1 unspecified atom stereocenters. The van der Waals surface area contributed by atoms with Gasteiger partial charge < -0.3 is 13.9 Å². The molecule has 1 atom stereocenters. The summed E-state index contributed by atoms with van der Waals surface area (Å²) in [5.41, 5.74) is 1.50. The van der Waals surface area contributed by atoms with Crippen molar-refractivity contribution in [1.29, 1.82) is 0 Å². The first-order chi connectivity index (χ1) is 19.4. The zero-order valence-electron chi connectivity index (χ0n) is 24.4. The van der Waals surface area contributed by atoms with Gasteiger partial charge in [0.25, 0.3) is 0 Å². The molecule has 41 heavy (non-hydrogen) atoms. The highest BCUT2D eigenvalue weighted by Gasteiger charge is 2.39. The summed E-state index contributed by atoms with van der Waals surface area (Å²) in [7, 11) is 1.35. The number of aromatic nitrogens is 1. The zero-order valence-corrected chi connectivity index (χ0v) is 25.2. The minimum absolute atomic E-state index is 0.135. The van der Waals surface area contributed by atoms with Crippen molar-refractivity contribution in [3.8, 4) is 5.75 Å². The van der Waals surface area contributed by atoms with Crippen LogP contribution in [-0.2, 0) is 22.6 Å².